The molecule has 0 aliphatic rings. The summed E-state index contributed by atoms with van der Waals surface area (Å²) in [5, 5.41) is 11.7. The summed E-state index contributed by atoms with van der Waals surface area (Å²) in [6.45, 7) is 0. The lowest BCUT2D eigenvalue weighted by atomic mass is 10.1. The van der Waals surface area contributed by atoms with E-state index < -0.39 is 0 Å². The summed E-state index contributed by atoms with van der Waals surface area (Å²) in [5.41, 5.74) is 8.87. The fourth-order valence-corrected chi connectivity index (χ4v) is 4.37. The van der Waals surface area contributed by atoms with Gasteiger partial charge in [0.05, 0.1) is 34.8 Å². The highest BCUT2D eigenvalue weighted by Crippen LogP contribution is 2.32. The number of pyridine rings is 3. The standard InChI is InChI=1S/C23H18N8S/c1-31(2)15-7-14(8-24-9-15)17-3-4-18-21(26-17)22(30-29-18)23-27-19-11-25-10-16(20(19)28-23)13-5-6-32-12-13/h3-12H,1-2H3,(H,27,28)(H,29,30). The number of aromatic amines is 2. The summed E-state index contributed by atoms with van der Waals surface area (Å²) in [6.07, 6.45) is 7.28. The zero-order valence-corrected chi connectivity index (χ0v) is 18.2. The van der Waals surface area contributed by atoms with E-state index in [4.69, 9.17) is 9.97 Å². The minimum atomic E-state index is 0.653. The number of hydrogen-bond acceptors (Lipinski definition) is 7. The van der Waals surface area contributed by atoms with Gasteiger partial charge in [-0.05, 0) is 40.6 Å². The van der Waals surface area contributed by atoms with E-state index in [0.717, 1.165) is 50.1 Å². The van der Waals surface area contributed by atoms with Gasteiger partial charge in [0.2, 0.25) is 0 Å². The second-order valence-electron chi connectivity index (χ2n) is 7.67. The molecule has 0 aliphatic carbocycles. The molecule has 32 heavy (non-hydrogen) atoms. The minimum Gasteiger partial charge on any atom is -0.376 e. The average Bonchev–Trinajstić information content (AvgIpc) is 3.57. The zero-order valence-electron chi connectivity index (χ0n) is 17.4. The molecule has 8 nitrogen and oxygen atoms in total. The number of anilines is 1. The first-order chi connectivity index (χ1) is 15.7. The molecule has 0 fully saturated rings. The molecule has 0 saturated heterocycles. The van der Waals surface area contributed by atoms with Crippen molar-refractivity contribution in [3.05, 3.63) is 59.8 Å². The maximum Gasteiger partial charge on any atom is 0.161 e. The van der Waals surface area contributed by atoms with Crippen LogP contribution in [-0.2, 0) is 0 Å². The summed E-state index contributed by atoms with van der Waals surface area (Å²) < 4.78 is 0. The second-order valence-corrected chi connectivity index (χ2v) is 8.45. The molecule has 2 N–H and O–H groups in total. The Kier molecular flexibility index (Phi) is 4.22. The van der Waals surface area contributed by atoms with Gasteiger partial charge in [0.15, 0.2) is 11.5 Å². The number of thiophene rings is 1. The van der Waals surface area contributed by atoms with Gasteiger partial charge in [-0.25, -0.2) is 9.97 Å². The fraction of sp³-hybridized carbons (Fsp3) is 0.0870. The van der Waals surface area contributed by atoms with E-state index in [1.165, 1.54) is 0 Å². The highest BCUT2D eigenvalue weighted by atomic mass is 32.1. The van der Waals surface area contributed by atoms with E-state index in [9.17, 15) is 0 Å². The average molecular weight is 439 g/mol. The zero-order chi connectivity index (χ0) is 21.7. The van der Waals surface area contributed by atoms with E-state index in [1.807, 2.05) is 49.7 Å². The summed E-state index contributed by atoms with van der Waals surface area (Å²) in [7, 11) is 3.98. The number of fused-ring (bicyclic) bond motifs is 2. The molecule has 0 saturated carbocycles. The lowest BCUT2D eigenvalue weighted by Gasteiger charge is -2.12. The molecule has 6 heterocycles. The van der Waals surface area contributed by atoms with Crippen LogP contribution in [0.5, 0.6) is 0 Å². The van der Waals surface area contributed by atoms with Crippen molar-refractivity contribution >= 4 is 39.1 Å². The van der Waals surface area contributed by atoms with Crippen LogP contribution in [-0.4, -0.2) is 49.2 Å². The normalized spacial score (nSPS) is 11.4. The van der Waals surface area contributed by atoms with E-state index in [-0.39, 0.29) is 0 Å². The van der Waals surface area contributed by atoms with Crippen LogP contribution in [0, 0.1) is 0 Å². The Hall–Kier alpha value is -4.11. The first kappa shape index (κ1) is 18.6. The van der Waals surface area contributed by atoms with Crippen LogP contribution in [0.15, 0.2) is 59.8 Å². The first-order valence-corrected chi connectivity index (χ1v) is 11.0. The Morgan fingerprint density at radius 3 is 2.62 bits per heavy atom. The SMILES string of the molecule is CN(C)c1cncc(-c2ccc3[nH]nc(-c4nc5c(-c6ccsc6)cncc5[nH]4)c3n2)c1. The molecular weight excluding hydrogens is 420 g/mol. The maximum absolute atomic E-state index is 4.90. The van der Waals surface area contributed by atoms with Crippen LogP contribution >= 0.6 is 11.3 Å². The molecule has 9 heteroatoms. The summed E-state index contributed by atoms with van der Waals surface area (Å²) in [4.78, 5) is 23.9. The molecule has 6 aromatic heterocycles. The van der Waals surface area contributed by atoms with Gasteiger partial charge in [0.25, 0.3) is 0 Å². The highest BCUT2D eigenvalue weighted by Gasteiger charge is 2.17. The van der Waals surface area contributed by atoms with Gasteiger partial charge in [0, 0.05) is 37.6 Å². The van der Waals surface area contributed by atoms with Crippen molar-refractivity contribution in [1.29, 1.82) is 0 Å². The van der Waals surface area contributed by atoms with E-state index in [1.54, 1.807) is 17.5 Å². The van der Waals surface area contributed by atoms with Crippen LogP contribution < -0.4 is 4.90 Å². The molecule has 0 unspecified atom stereocenters. The predicted molar refractivity (Wildman–Crippen MR) is 128 cm³/mol. The minimum absolute atomic E-state index is 0.653. The van der Waals surface area contributed by atoms with Gasteiger partial charge in [-0.15, -0.1) is 0 Å². The van der Waals surface area contributed by atoms with Crippen molar-refractivity contribution in [2.45, 2.75) is 0 Å². The lowest BCUT2D eigenvalue weighted by Crippen LogP contribution is -2.08. The Bertz CT molecular complexity index is 1560. The molecule has 156 valence electrons. The third-order valence-corrected chi connectivity index (χ3v) is 6.08. The molecule has 0 radical (unpaired) electrons. The van der Waals surface area contributed by atoms with E-state index >= 15 is 0 Å². The number of rotatable bonds is 4. The molecule has 6 aromatic rings. The number of nitrogens with zero attached hydrogens (tertiary/aromatic N) is 6. The molecule has 6 rings (SSSR count). The topological polar surface area (TPSA) is 99.3 Å². The number of imidazole rings is 1. The van der Waals surface area contributed by atoms with Crippen molar-refractivity contribution in [3.63, 3.8) is 0 Å². The van der Waals surface area contributed by atoms with Crippen molar-refractivity contribution in [2.24, 2.45) is 0 Å². The first-order valence-electron chi connectivity index (χ1n) is 10.0. The molecule has 0 atom stereocenters. The number of nitrogens with one attached hydrogen (secondary N) is 2. The van der Waals surface area contributed by atoms with Crippen molar-refractivity contribution in [1.82, 2.24) is 35.1 Å². The Balaban J connectivity index is 1.49. The van der Waals surface area contributed by atoms with Crippen molar-refractivity contribution in [3.8, 4) is 33.9 Å². The van der Waals surface area contributed by atoms with E-state index in [0.29, 0.717) is 11.5 Å². The Morgan fingerprint density at radius 2 is 1.78 bits per heavy atom. The largest absolute Gasteiger partial charge is 0.376 e. The van der Waals surface area contributed by atoms with Crippen molar-refractivity contribution in [2.75, 3.05) is 19.0 Å². The molecular formula is C23H18N8S. The van der Waals surface area contributed by atoms with Crippen LogP contribution in [0.4, 0.5) is 5.69 Å². The molecule has 0 amide bonds. The predicted octanol–water partition coefficient (Wildman–Crippen LogP) is 4.75. The van der Waals surface area contributed by atoms with Crippen LogP contribution in [0.3, 0.4) is 0 Å². The molecule has 0 aliphatic heterocycles. The van der Waals surface area contributed by atoms with Crippen LogP contribution in [0.25, 0.3) is 56.0 Å². The third-order valence-electron chi connectivity index (χ3n) is 5.39. The summed E-state index contributed by atoms with van der Waals surface area (Å²) in [6, 6.07) is 8.10. The third kappa shape index (κ3) is 3.02. The molecule has 0 spiro atoms. The number of hydrogen-bond donors (Lipinski definition) is 2. The molecule has 0 bridgehead atoms. The smallest absolute Gasteiger partial charge is 0.161 e. The van der Waals surface area contributed by atoms with E-state index in [2.05, 4.69) is 48.0 Å². The number of aromatic nitrogens is 7. The fourth-order valence-electron chi connectivity index (χ4n) is 3.71. The van der Waals surface area contributed by atoms with Gasteiger partial charge < -0.3 is 9.88 Å². The second kappa shape index (κ2) is 7.24. The van der Waals surface area contributed by atoms with Gasteiger partial charge in [-0.2, -0.15) is 16.4 Å². The Morgan fingerprint density at radius 1 is 0.875 bits per heavy atom. The Labute approximate surface area is 187 Å². The summed E-state index contributed by atoms with van der Waals surface area (Å²) >= 11 is 1.65. The summed E-state index contributed by atoms with van der Waals surface area (Å²) in [5.74, 6) is 0.653. The molecule has 0 aromatic carbocycles. The van der Waals surface area contributed by atoms with Gasteiger partial charge in [-0.3, -0.25) is 15.1 Å². The highest BCUT2D eigenvalue weighted by molar-refractivity contribution is 7.08. The maximum atomic E-state index is 4.90. The monoisotopic (exact) mass is 438 g/mol. The number of H-pyrrole nitrogens is 2. The van der Waals surface area contributed by atoms with Crippen LogP contribution in [0.1, 0.15) is 0 Å². The van der Waals surface area contributed by atoms with Crippen LogP contribution in [0.2, 0.25) is 0 Å². The van der Waals surface area contributed by atoms with Crippen molar-refractivity contribution < 1.29 is 0 Å². The van der Waals surface area contributed by atoms with Gasteiger partial charge in [-0.1, -0.05) is 0 Å². The quantitative estimate of drug-likeness (QED) is 0.412. The van der Waals surface area contributed by atoms with Gasteiger partial charge in [0.1, 0.15) is 11.0 Å². The van der Waals surface area contributed by atoms with Gasteiger partial charge >= 0.3 is 0 Å². The lowest BCUT2D eigenvalue weighted by molar-refractivity contribution is 1.10.